The van der Waals surface area contributed by atoms with E-state index >= 15 is 0 Å². The Morgan fingerprint density at radius 1 is 1.75 bits per heavy atom. The maximum absolute atomic E-state index is 9.85. The Balaban J connectivity index is 2.93. The molecule has 0 aliphatic heterocycles. The summed E-state index contributed by atoms with van der Waals surface area (Å²) in [7, 11) is 0. The van der Waals surface area contributed by atoms with Gasteiger partial charge in [-0.15, -0.1) is 9.78 Å². The van der Waals surface area contributed by atoms with Crippen LogP contribution >= 0.6 is 0 Å². The van der Waals surface area contributed by atoms with E-state index in [9.17, 15) is 4.79 Å². The number of hydrogen-bond donors (Lipinski definition) is 1. The molecule has 6 heteroatoms. The molecule has 0 aliphatic rings. The molecular formula is C2HN4O2. The topological polar surface area (TPSA) is 80.9 Å². The van der Waals surface area contributed by atoms with Crippen LogP contribution in [0.4, 0.5) is 4.79 Å². The van der Waals surface area contributed by atoms with Crippen LogP contribution in [0.25, 0.3) is 0 Å². The number of hydrogen-bond acceptors (Lipinski definition) is 4. The molecule has 0 aromatic carbocycles. The summed E-state index contributed by atoms with van der Waals surface area (Å²) >= 11 is 0. The first kappa shape index (κ1) is 4.69. The van der Waals surface area contributed by atoms with Gasteiger partial charge in [-0.1, -0.05) is 0 Å². The van der Waals surface area contributed by atoms with Crippen LogP contribution in [0.15, 0.2) is 0 Å². The van der Waals surface area contributed by atoms with Crippen molar-refractivity contribution in [3.8, 4) is 0 Å². The number of rotatable bonds is 0. The summed E-state index contributed by atoms with van der Waals surface area (Å²) in [6.07, 6.45) is 0.741. The molecule has 0 fully saturated rings. The molecule has 0 saturated heterocycles. The van der Waals surface area contributed by atoms with E-state index in [4.69, 9.17) is 5.11 Å². The van der Waals surface area contributed by atoms with E-state index in [2.05, 4.69) is 15.5 Å². The van der Waals surface area contributed by atoms with E-state index in [0.29, 0.717) is 4.68 Å². The fraction of sp³-hybridized carbons (Fsp3) is 0. The fourth-order valence-corrected chi connectivity index (χ4v) is 0.223. The largest absolute Gasteiger partial charge is 0.463 e. The zero-order chi connectivity index (χ0) is 5.98. The van der Waals surface area contributed by atoms with Crippen molar-refractivity contribution >= 4 is 6.09 Å². The van der Waals surface area contributed by atoms with Gasteiger partial charge in [0.05, 0.1) is 0 Å². The van der Waals surface area contributed by atoms with Crippen molar-refractivity contribution in [3.05, 3.63) is 6.33 Å². The second-order valence-corrected chi connectivity index (χ2v) is 0.973. The van der Waals surface area contributed by atoms with E-state index < -0.39 is 6.09 Å². The average Bonchev–Trinajstić information content (AvgIpc) is 2.12. The van der Waals surface area contributed by atoms with Gasteiger partial charge < -0.3 is 5.11 Å². The minimum atomic E-state index is -1.24. The molecule has 0 unspecified atom stereocenters. The molecule has 41 valence electrons. The highest BCUT2D eigenvalue weighted by molar-refractivity contribution is 5.65. The van der Waals surface area contributed by atoms with Crippen LogP contribution in [-0.4, -0.2) is 31.4 Å². The average molecular weight is 113 g/mol. The predicted octanol–water partition coefficient (Wildman–Crippen LogP) is -1.00. The van der Waals surface area contributed by atoms with Crippen molar-refractivity contribution in [2.45, 2.75) is 0 Å². The molecule has 0 bridgehead atoms. The summed E-state index contributed by atoms with van der Waals surface area (Å²) < 4.78 is 0.486. The summed E-state index contributed by atoms with van der Waals surface area (Å²) in [5.74, 6) is 0. The van der Waals surface area contributed by atoms with Crippen molar-refractivity contribution in [2.24, 2.45) is 0 Å². The van der Waals surface area contributed by atoms with E-state index in [1.165, 1.54) is 0 Å². The molecule has 8 heavy (non-hydrogen) atoms. The second kappa shape index (κ2) is 1.57. The minimum absolute atomic E-state index is 0.486. The maximum Gasteiger partial charge on any atom is 0.435 e. The lowest BCUT2D eigenvalue weighted by Gasteiger charge is -1.80. The first-order valence-electron chi connectivity index (χ1n) is 1.70. The number of carbonyl (C=O) groups is 1. The number of tetrazole rings is 1. The van der Waals surface area contributed by atoms with Crippen LogP contribution in [-0.2, 0) is 0 Å². The Labute approximate surface area is 43.7 Å². The zero-order valence-electron chi connectivity index (χ0n) is 3.64. The third-order valence-electron chi connectivity index (χ3n) is 0.495. The van der Waals surface area contributed by atoms with Gasteiger partial charge in [-0.25, -0.2) is 4.79 Å². The van der Waals surface area contributed by atoms with Gasteiger partial charge in [-0.2, -0.15) is 0 Å². The van der Waals surface area contributed by atoms with Crippen LogP contribution in [0.1, 0.15) is 0 Å². The quantitative estimate of drug-likeness (QED) is 0.436. The summed E-state index contributed by atoms with van der Waals surface area (Å²) in [5, 5.41) is 17.1. The van der Waals surface area contributed by atoms with E-state index in [1.54, 1.807) is 0 Å². The first-order chi connectivity index (χ1) is 3.80. The summed E-state index contributed by atoms with van der Waals surface area (Å²) in [6.45, 7) is 0. The minimum Gasteiger partial charge on any atom is -0.463 e. The molecule has 1 aromatic heterocycles. The molecule has 1 radical (unpaired) electrons. The molecule has 1 rings (SSSR count). The zero-order valence-corrected chi connectivity index (χ0v) is 3.64. The molecular weight excluding hydrogens is 112 g/mol. The van der Waals surface area contributed by atoms with Crippen molar-refractivity contribution < 1.29 is 9.90 Å². The van der Waals surface area contributed by atoms with Crippen LogP contribution in [0.2, 0.25) is 0 Å². The van der Waals surface area contributed by atoms with Gasteiger partial charge in [0.2, 0.25) is 6.33 Å². The van der Waals surface area contributed by atoms with Gasteiger partial charge in [0, 0.05) is 0 Å². The predicted molar refractivity (Wildman–Crippen MR) is 20.1 cm³/mol. The first-order valence-corrected chi connectivity index (χ1v) is 1.70. The number of carboxylic acid groups (broad SMARTS) is 1. The Morgan fingerprint density at radius 2 is 2.50 bits per heavy atom. The van der Waals surface area contributed by atoms with Crippen molar-refractivity contribution in [3.63, 3.8) is 0 Å². The van der Waals surface area contributed by atoms with Crippen LogP contribution < -0.4 is 0 Å². The van der Waals surface area contributed by atoms with Gasteiger partial charge in [0.25, 0.3) is 0 Å². The lowest BCUT2D eigenvalue weighted by atomic mass is 11.1. The monoisotopic (exact) mass is 113 g/mol. The third kappa shape index (κ3) is 0.625. The van der Waals surface area contributed by atoms with Gasteiger partial charge in [-0.3, -0.25) is 0 Å². The van der Waals surface area contributed by atoms with Crippen LogP contribution in [0, 0.1) is 6.33 Å². The van der Waals surface area contributed by atoms with E-state index in [0.717, 1.165) is 0 Å². The Bertz CT molecular complexity index is 180. The van der Waals surface area contributed by atoms with Crippen molar-refractivity contribution in [1.29, 1.82) is 0 Å². The highest BCUT2D eigenvalue weighted by Crippen LogP contribution is 1.70. The standard InChI is InChI=1S/C2HN4O2/c7-2(8)6-1-3-4-5-6/h(H,7,8). The van der Waals surface area contributed by atoms with E-state index in [1.807, 2.05) is 6.33 Å². The molecule has 1 N–H and O–H groups in total. The molecule has 0 saturated carbocycles. The highest BCUT2D eigenvalue weighted by atomic mass is 16.4. The van der Waals surface area contributed by atoms with Gasteiger partial charge >= 0.3 is 6.09 Å². The van der Waals surface area contributed by atoms with Gasteiger partial charge in [0.15, 0.2) is 0 Å². The summed E-state index contributed by atoms with van der Waals surface area (Å²) in [4.78, 5) is 9.85. The highest BCUT2D eigenvalue weighted by Gasteiger charge is 1.98. The second-order valence-electron chi connectivity index (χ2n) is 0.973. The van der Waals surface area contributed by atoms with E-state index in [-0.39, 0.29) is 0 Å². The third-order valence-corrected chi connectivity index (χ3v) is 0.495. The van der Waals surface area contributed by atoms with Crippen LogP contribution in [0.3, 0.4) is 0 Å². The number of nitrogens with zero attached hydrogens (tertiary/aromatic N) is 4. The Hall–Kier alpha value is -1.46. The molecule has 1 aromatic rings. The molecule has 0 amide bonds. The fourth-order valence-electron chi connectivity index (χ4n) is 0.223. The smallest absolute Gasteiger partial charge is 0.435 e. The Morgan fingerprint density at radius 3 is 2.75 bits per heavy atom. The van der Waals surface area contributed by atoms with Crippen molar-refractivity contribution in [1.82, 2.24) is 20.2 Å². The molecule has 1 heterocycles. The molecule has 0 atom stereocenters. The lowest BCUT2D eigenvalue weighted by molar-refractivity contribution is 0.191. The number of aromatic nitrogens is 4. The Kier molecular flexibility index (Phi) is 0.918. The summed E-state index contributed by atoms with van der Waals surface area (Å²) in [5.41, 5.74) is 0. The van der Waals surface area contributed by atoms with Gasteiger partial charge in [0.1, 0.15) is 0 Å². The SMILES string of the molecule is O=C(O)n1[c]nnn1. The lowest BCUT2D eigenvalue weighted by Crippen LogP contribution is -2.08. The molecule has 6 nitrogen and oxygen atoms in total. The molecule has 0 aliphatic carbocycles. The normalized spacial score (nSPS) is 9.00. The maximum atomic E-state index is 9.85. The van der Waals surface area contributed by atoms with Crippen molar-refractivity contribution in [2.75, 3.05) is 0 Å². The molecule has 0 spiro atoms. The summed E-state index contributed by atoms with van der Waals surface area (Å²) in [6, 6.07) is 0. The van der Waals surface area contributed by atoms with Crippen LogP contribution in [0.5, 0.6) is 0 Å². The van der Waals surface area contributed by atoms with Gasteiger partial charge in [-0.05, 0) is 10.4 Å².